The second-order valence-electron chi connectivity index (χ2n) is 5.93. The number of hydrogen-bond acceptors (Lipinski definition) is 5. The fourth-order valence-corrected chi connectivity index (χ4v) is 2.56. The van der Waals surface area contributed by atoms with Gasteiger partial charge in [-0.2, -0.15) is 0 Å². The fourth-order valence-electron chi connectivity index (χ4n) is 2.56. The highest BCUT2D eigenvalue weighted by atomic mass is 19.1. The Morgan fingerprint density at radius 1 is 1.19 bits per heavy atom. The molecule has 0 unspecified atom stereocenters. The second-order valence-corrected chi connectivity index (χ2v) is 5.93. The van der Waals surface area contributed by atoms with Gasteiger partial charge in [0.05, 0.1) is 11.5 Å². The van der Waals surface area contributed by atoms with Crippen molar-refractivity contribution in [2.24, 2.45) is 0 Å². The van der Waals surface area contributed by atoms with E-state index in [-0.39, 0.29) is 47.5 Å². The summed E-state index contributed by atoms with van der Waals surface area (Å²) in [7, 11) is 0. The van der Waals surface area contributed by atoms with Gasteiger partial charge in [0.1, 0.15) is 11.5 Å². The molecule has 0 aliphatic carbocycles. The smallest absolute Gasteiger partial charge is 0.293 e. The average molecular weight is 373 g/mol. The van der Waals surface area contributed by atoms with Gasteiger partial charge in [-0.05, 0) is 43.7 Å². The average Bonchev–Trinajstić information content (AvgIpc) is 2.65. The minimum Gasteiger partial charge on any atom is -0.357 e. The molecule has 8 heteroatoms. The molecule has 1 amide bonds. The predicted octanol–water partition coefficient (Wildman–Crippen LogP) is 3.08. The van der Waals surface area contributed by atoms with Crippen LogP contribution >= 0.6 is 0 Å². The molecule has 0 heterocycles. The molecular weight excluding hydrogens is 353 g/mol. The van der Waals surface area contributed by atoms with E-state index in [0.29, 0.717) is 6.54 Å². The lowest BCUT2D eigenvalue weighted by atomic mass is 10.1. The highest BCUT2D eigenvalue weighted by Gasteiger charge is 2.22. The molecule has 0 aliphatic heterocycles. The standard InChI is InChI=1S/C19H20FN3O4/c1-3-22(12-19(25)21-11-14-4-7-16(20)8-5-14)17-9-6-15(13(2)24)10-18(17)23(26)27/h4-10H,3,11-12H2,1-2H3,(H,21,25). The van der Waals surface area contributed by atoms with Crippen molar-refractivity contribution < 1.29 is 18.9 Å². The SMILES string of the molecule is CCN(CC(=O)NCc1ccc(F)cc1)c1ccc(C(C)=O)cc1[N+](=O)[O-]. The van der Waals surface area contributed by atoms with Gasteiger partial charge in [0.15, 0.2) is 5.78 Å². The summed E-state index contributed by atoms with van der Waals surface area (Å²) in [6.45, 7) is 3.61. The molecule has 2 aromatic carbocycles. The van der Waals surface area contributed by atoms with Gasteiger partial charge in [0.25, 0.3) is 5.69 Å². The first-order valence-electron chi connectivity index (χ1n) is 8.37. The number of carbonyl (C=O) groups is 2. The Bertz CT molecular complexity index is 853. The fraction of sp³-hybridized carbons (Fsp3) is 0.263. The number of amides is 1. The van der Waals surface area contributed by atoms with E-state index in [4.69, 9.17) is 0 Å². The second kappa shape index (κ2) is 8.88. The summed E-state index contributed by atoms with van der Waals surface area (Å²) in [5.74, 6) is -0.959. The minimum absolute atomic E-state index is 0.0854. The van der Waals surface area contributed by atoms with Crippen molar-refractivity contribution in [1.29, 1.82) is 0 Å². The van der Waals surface area contributed by atoms with Crippen LogP contribution in [0.4, 0.5) is 15.8 Å². The van der Waals surface area contributed by atoms with E-state index in [9.17, 15) is 24.1 Å². The zero-order valence-corrected chi connectivity index (χ0v) is 15.1. The van der Waals surface area contributed by atoms with Crippen molar-refractivity contribution >= 4 is 23.1 Å². The van der Waals surface area contributed by atoms with Crippen molar-refractivity contribution in [2.75, 3.05) is 18.0 Å². The number of nitro benzene ring substituents is 1. The number of nitro groups is 1. The lowest BCUT2D eigenvalue weighted by Crippen LogP contribution is -2.37. The Hall–Kier alpha value is -3.29. The first-order valence-corrected chi connectivity index (χ1v) is 8.37. The van der Waals surface area contributed by atoms with Gasteiger partial charge in [-0.15, -0.1) is 0 Å². The lowest BCUT2D eigenvalue weighted by molar-refractivity contribution is -0.384. The van der Waals surface area contributed by atoms with Crippen LogP contribution in [0.5, 0.6) is 0 Å². The van der Waals surface area contributed by atoms with E-state index in [1.807, 2.05) is 0 Å². The molecule has 0 spiro atoms. The normalized spacial score (nSPS) is 10.3. The molecule has 0 aromatic heterocycles. The van der Waals surface area contributed by atoms with Crippen LogP contribution in [0.2, 0.25) is 0 Å². The number of rotatable bonds is 8. The van der Waals surface area contributed by atoms with Gasteiger partial charge < -0.3 is 10.2 Å². The molecule has 0 saturated carbocycles. The molecule has 0 atom stereocenters. The Balaban J connectivity index is 2.11. The molecule has 2 aromatic rings. The highest BCUT2D eigenvalue weighted by Crippen LogP contribution is 2.29. The Morgan fingerprint density at radius 3 is 2.41 bits per heavy atom. The van der Waals surface area contributed by atoms with Crippen LogP contribution < -0.4 is 10.2 Å². The zero-order valence-electron chi connectivity index (χ0n) is 15.1. The van der Waals surface area contributed by atoms with Gasteiger partial charge in [0.2, 0.25) is 5.91 Å². The summed E-state index contributed by atoms with van der Waals surface area (Å²) in [6, 6.07) is 9.95. The van der Waals surface area contributed by atoms with Gasteiger partial charge >= 0.3 is 0 Å². The summed E-state index contributed by atoms with van der Waals surface area (Å²) in [4.78, 5) is 36.1. The number of benzene rings is 2. The first kappa shape index (κ1) is 20.0. The van der Waals surface area contributed by atoms with Crippen LogP contribution in [-0.4, -0.2) is 29.7 Å². The number of halogens is 1. The number of likely N-dealkylation sites (N-methyl/N-ethyl adjacent to an activating group) is 1. The van der Waals surface area contributed by atoms with Crippen LogP contribution in [0.3, 0.4) is 0 Å². The number of nitrogens with zero attached hydrogens (tertiary/aromatic N) is 2. The summed E-state index contributed by atoms with van der Waals surface area (Å²) in [5, 5.41) is 14.1. The van der Waals surface area contributed by atoms with Crippen LogP contribution in [0.1, 0.15) is 29.8 Å². The maximum atomic E-state index is 12.9. The highest BCUT2D eigenvalue weighted by molar-refractivity contribution is 5.95. The first-order chi connectivity index (χ1) is 12.8. The Kier molecular flexibility index (Phi) is 6.59. The molecule has 0 radical (unpaired) electrons. The summed E-state index contributed by atoms with van der Waals surface area (Å²) < 4.78 is 12.9. The van der Waals surface area contributed by atoms with Crippen molar-refractivity contribution in [3.8, 4) is 0 Å². The van der Waals surface area contributed by atoms with Crippen molar-refractivity contribution in [2.45, 2.75) is 20.4 Å². The zero-order chi connectivity index (χ0) is 20.0. The Morgan fingerprint density at radius 2 is 1.85 bits per heavy atom. The molecule has 0 aliphatic rings. The van der Waals surface area contributed by atoms with E-state index in [1.165, 1.54) is 37.3 Å². The largest absolute Gasteiger partial charge is 0.357 e. The summed E-state index contributed by atoms with van der Waals surface area (Å²) in [5.41, 5.74) is 1.02. The molecule has 1 N–H and O–H groups in total. The van der Waals surface area contributed by atoms with Crippen LogP contribution in [-0.2, 0) is 11.3 Å². The third kappa shape index (κ3) is 5.34. The third-order valence-electron chi connectivity index (χ3n) is 4.04. The van der Waals surface area contributed by atoms with Gasteiger partial charge in [-0.1, -0.05) is 12.1 Å². The van der Waals surface area contributed by atoms with Gasteiger partial charge in [-0.25, -0.2) is 4.39 Å². The van der Waals surface area contributed by atoms with Crippen LogP contribution in [0.25, 0.3) is 0 Å². The van der Waals surface area contributed by atoms with Gasteiger partial charge in [-0.3, -0.25) is 19.7 Å². The van der Waals surface area contributed by atoms with Crippen LogP contribution in [0.15, 0.2) is 42.5 Å². The number of ketones is 1. The number of carbonyl (C=O) groups excluding carboxylic acids is 2. The summed E-state index contributed by atoms with van der Waals surface area (Å²) >= 11 is 0. The molecule has 0 bridgehead atoms. The molecule has 0 fully saturated rings. The van der Waals surface area contributed by atoms with E-state index in [1.54, 1.807) is 24.0 Å². The molecule has 142 valence electrons. The number of hydrogen-bond donors (Lipinski definition) is 1. The topological polar surface area (TPSA) is 92.6 Å². The number of Topliss-reactive ketones (excluding diaryl/α,β-unsaturated/α-hetero) is 1. The maximum Gasteiger partial charge on any atom is 0.293 e. The lowest BCUT2D eigenvalue weighted by Gasteiger charge is -2.22. The number of nitrogens with one attached hydrogen (secondary N) is 1. The number of anilines is 1. The predicted molar refractivity (Wildman–Crippen MR) is 99.2 cm³/mol. The molecule has 2 rings (SSSR count). The van der Waals surface area contributed by atoms with Crippen LogP contribution in [0, 0.1) is 15.9 Å². The van der Waals surface area contributed by atoms with E-state index in [2.05, 4.69) is 5.32 Å². The Labute approximate surface area is 155 Å². The molecule has 0 saturated heterocycles. The third-order valence-corrected chi connectivity index (χ3v) is 4.04. The van der Waals surface area contributed by atoms with Gasteiger partial charge in [0, 0.05) is 24.7 Å². The molecule has 7 nitrogen and oxygen atoms in total. The maximum absolute atomic E-state index is 12.9. The van der Waals surface area contributed by atoms with Crippen molar-refractivity contribution in [3.05, 3.63) is 69.5 Å². The molecular formula is C19H20FN3O4. The quantitative estimate of drug-likeness (QED) is 0.436. The minimum atomic E-state index is -0.569. The van der Waals surface area contributed by atoms with E-state index >= 15 is 0 Å². The molecule has 27 heavy (non-hydrogen) atoms. The van der Waals surface area contributed by atoms with E-state index < -0.39 is 4.92 Å². The van der Waals surface area contributed by atoms with Crippen molar-refractivity contribution in [1.82, 2.24) is 5.32 Å². The monoisotopic (exact) mass is 373 g/mol. The van der Waals surface area contributed by atoms with Crippen molar-refractivity contribution in [3.63, 3.8) is 0 Å². The van der Waals surface area contributed by atoms with E-state index in [0.717, 1.165) is 5.56 Å². The summed E-state index contributed by atoms with van der Waals surface area (Å²) in [6.07, 6.45) is 0.